The van der Waals surface area contributed by atoms with Crippen molar-refractivity contribution in [3.05, 3.63) is 11.6 Å². The van der Waals surface area contributed by atoms with Crippen LogP contribution in [-0.4, -0.2) is 22.8 Å². The van der Waals surface area contributed by atoms with E-state index in [1.54, 1.807) is 20.8 Å². The highest BCUT2D eigenvalue weighted by Gasteiger charge is 2.22. The molecule has 0 fully saturated rings. The Labute approximate surface area is 66.4 Å². The van der Waals surface area contributed by atoms with E-state index in [1.807, 2.05) is 0 Å². The fourth-order valence-electron chi connectivity index (χ4n) is 0.806. The van der Waals surface area contributed by atoms with Crippen molar-refractivity contribution in [2.24, 2.45) is 5.41 Å². The first-order valence-corrected chi connectivity index (χ1v) is 3.44. The van der Waals surface area contributed by atoms with E-state index in [4.69, 9.17) is 10.2 Å². The lowest BCUT2D eigenvalue weighted by Crippen LogP contribution is -2.17. The Morgan fingerprint density at radius 2 is 1.91 bits per heavy atom. The molecule has 0 aliphatic carbocycles. The van der Waals surface area contributed by atoms with E-state index in [1.165, 1.54) is 6.08 Å². The maximum Gasteiger partial charge on any atom is 0.331 e. The fourth-order valence-corrected chi connectivity index (χ4v) is 0.806. The van der Waals surface area contributed by atoms with E-state index < -0.39 is 11.4 Å². The molecule has 0 amide bonds. The number of aliphatic carboxylic acids is 1. The Kier molecular flexibility index (Phi) is 3.26. The number of carboxylic acid groups (broad SMARTS) is 1. The highest BCUT2D eigenvalue weighted by Crippen LogP contribution is 2.24. The summed E-state index contributed by atoms with van der Waals surface area (Å²) in [5, 5.41) is 17.2. The first-order valence-electron chi connectivity index (χ1n) is 3.44. The molecule has 11 heavy (non-hydrogen) atoms. The quantitative estimate of drug-likeness (QED) is 0.590. The smallest absolute Gasteiger partial charge is 0.331 e. The van der Waals surface area contributed by atoms with E-state index >= 15 is 0 Å². The summed E-state index contributed by atoms with van der Waals surface area (Å²) in [5.41, 5.74) is -0.158. The van der Waals surface area contributed by atoms with E-state index in [-0.39, 0.29) is 12.2 Å². The van der Waals surface area contributed by atoms with Crippen molar-refractivity contribution in [1.29, 1.82) is 0 Å². The molecule has 0 aliphatic heterocycles. The van der Waals surface area contributed by atoms with Crippen LogP contribution < -0.4 is 0 Å². The van der Waals surface area contributed by atoms with Crippen LogP contribution in [0.1, 0.15) is 20.8 Å². The molecule has 0 atom stereocenters. The van der Waals surface area contributed by atoms with Crippen LogP contribution in [0.2, 0.25) is 0 Å². The topological polar surface area (TPSA) is 57.5 Å². The number of hydrogen-bond donors (Lipinski definition) is 2. The van der Waals surface area contributed by atoms with Crippen LogP contribution in [-0.2, 0) is 4.79 Å². The highest BCUT2D eigenvalue weighted by molar-refractivity contribution is 5.87. The number of hydrogen-bond acceptors (Lipinski definition) is 2. The number of aliphatic hydroxyl groups excluding tert-OH is 1. The van der Waals surface area contributed by atoms with Crippen molar-refractivity contribution in [3.63, 3.8) is 0 Å². The van der Waals surface area contributed by atoms with Gasteiger partial charge in [-0.15, -0.1) is 0 Å². The van der Waals surface area contributed by atoms with Gasteiger partial charge in [-0.2, -0.15) is 0 Å². The predicted molar refractivity (Wildman–Crippen MR) is 42.3 cm³/mol. The summed E-state index contributed by atoms with van der Waals surface area (Å²) in [7, 11) is 0. The minimum absolute atomic E-state index is 0.223. The molecule has 0 aromatic carbocycles. The van der Waals surface area contributed by atoms with Crippen molar-refractivity contribution in [1.82, 2.24) is 0 Å². The summed E-state index contributed by atoms with van der Waals surface area (Å²) < 4.78 is 0. The van der Waals surface area contributed by atoms with Crippen molar-refractivity contribution < 1.29 is 15.0 Å². The monoisotopic (exact) mass is 158 g/mol. The third kappa shape index (κ3) is 3.18. The second kappa shape index (κ2) is 3.53. The number of carboxylic acids is 1. The summed E-state index contributed by atoms with van der Waals surface area (Å²) in [5.74, 6) is -0.966. The van der Waals surface area contributed by atoms with Gasteiger partial charge in [0.05, 0.1) is 6.61 Å². The molecule has 0 saturated carbocycles. The highest BCUT2D eigenvalue weighted by atomic mass is 16.4. The molecule has 2 N–H and O–H groups in total. The van der Waals surface area contributed by atoms with Crippen LogP contribution in [0.25, 0.3) is 0 Å². The van der Waals surface area contributed by atoms with Crippen LogP contribution in [0, 0.1) is 5.41 Å². The minimum atomic E-state index is -0.966. The fraction of sp³-hybridized carbons (Fsp3) is 0.625. The lowest BCUT2D eigenvalue weighted by Gasteiger charge is -2.18. The average molecular weight is 158 g/mol. The zero-order chi connectivity index (χ0) is 9.07. The van der Waals surface area contributed by atoms with Gasteiger partial charge in [0.15, 0.2) is 0 Å². The second-order valence-corrected chi connectivity index (χ2v) is 3.36. The van der Waals surface area contributed by atoms with Crippen LogP contribution in [0.3, 0.4) is 0 Å². The number of rotatable bonds is 2. The van der Waals surface area contributed by atoms with Crippen LogP contribution in [0.5, 0.6) is 0 Å². The standard InChI is InChI=1S/C8H14O3/c1-8(2,3)6(4-5-9)7(10)11/h4,9H,5H2,1-3H3,(H,10,11)/b6-4+. The van der Waals surface area contributed by atoms with Gasteiger partial charge in [0, 0.05) is 5.57 Å². The second-order valence-electron chi connectivity index (χ2n) is 3.36. The molecule has 0 bridgehead atoms. The predicted octanol–water partition coefficient (Wildman–Crippen LogP) is 1.04. The number of carbonyl (C=O) groups is 1. The van der Waals surface area contributed by atoms with Crippen molar-refractivity contribution in [2.45, 2.75) is 20.8 Å². The zero-order valence-corrected chi connectivity index (χ0v) is 7.09. The summed E-state index contributed by atoms with van der Waals surface area (Å²) in [6, 6.07) is 0. The van der Waals surface area contributed by atoms with Crippen molar-refractivity contribution >= 4 is 5.97 Å². The third-order valence-electron chi connectivity index (χ3n) is 1.33. The van der Waals surface area contributed by atoms with E-state index in [2.05, 4.69) is 0 Å². The molecule has 0 radical (unpaired) electrons. The Hall–Kier alpha value is -0.830. The summed E-state index contributed by atoms with van der Waals surface area (Å²) in [6.07, 6.45) is 1.32. The molecule has 0 rings (SSSR count). The normalized spacial score (nSPS) is 13.3. The average Bonchev–Trinajstić information content (AvgIpc) is 1.79. The molecular formula is C8H14O3. The molecule has 3 nitrogen and oxygen atoms in total. The van der Waals surface area contributed by atoms with Gasteiger partial charge in [-0.05, 0) is 11.5 Å². The van der Waals surface area contributed by atoms with Crippen LogP contribution in [0.15, 0.2) is 11.6 Å². The SMILES string of the molecule is CC(C)(C)/C(=C/CO)C(=O)O. The molecule has 0 aromatic heterocycles. The van der Waals surface area contributed by atoms with Gasteiger partial charge in [-0.25, -0.2) is 4.79 Å². The first-order chi connectivity index (χ1) is 4.89. The van der Waals surface area contributed by atoms with Crippen molar-refractivity contribution in [2.75, 3.05) is 6.61 Å². The Balaban J connectivity index is 4.63. The summed E-state index contributed by atoms with van der Waals surface area (Å²) >= 11 is 0. The van der Waals surface area contributed by atoms with Gasteiger partial charge in [0.2, 0.25) is 0 Å². The largest absolute Gasteiger partial charge is 0.478 e. The van der Waals surface area contributed by atoms with E-state index in [0.717, 1.165) is 0 Å². The lowest BCUT2D eigenvalue weighted by molar-refractivity contribution is -0.133. The minimum Gasteiger partial charge on any atom is -0.478 e. The van der Waals surface area contributed by atoms with Gasteiger partial charge in [0.1, 0.15) is 0 Å². The maximum atomic E-state index is 10.6. The first kappa shape index (κ1) is 10.2. The van der Waals surface area contributed by atoms with Gasteiger partial charge in [0.25, 0.3) is 0 Å². The van der Waals surface area contributed by atoms with Crippen LogP contribution >= 0.6 is 0 Å². The van der Waals surface area contributed by atoms with Crippen molar-refractivity contribution in [3.8, 4) is 0 Å². The van der Waals surface area contributed by atoms with Gasteiger partial charge >= 0.3 is 5.97 Å². The van der Waals surface area contributed by atoms with E-state index in [9.17, 15) is 4.79 Å². The molecule has 0 spiro atoms. The lowest BCUT2D eigenvalue weighted by atomic mass is 9.86. The van der Waals surface area contributed by atoms with Gasteiger partial charge in [-0.1, -0.05) is 20.8 Å². The van der Waals surface area contributed by atoms with Gasteiger partial charge in [-0.3, -0.25) is 0 Å². The Morgan fingerprint density at radius 3 is 2.00 bits per heavy atom. The maximum absolute atomic E-state index is 10.6. The van der Waals surface area contributed by atoms with Gasteiger partial charge < -0.3 is 10.2 Å². The zero-order valence-electron chi connectivity index (χ0n) is 7.09. The van der Waals surface area contributed by atoms with Crippen LogP contribution in [0.4, 0.5) is 0 Å². The summed E-state index contributed by atoms with van der Waals surface area (Å²) in [6.45, 7) is 5.16. The molecule has 0 saturated heterocycles. The molecule has 3 heteroatoms. The van der Waals surface area contributed by atoms with E-state index in [0.29, 0.717) is 0 Å². The Bertz CT molecular complexity index is 174. The molecule has 0 heterocycles. The molecule has 0 unspecified atom stereocenters. The molecule has 64 valence electrons. The summed E-state index contributed by atoms with van der Waals surface area (Å²) in [4.78, 5) is 10.6. The number of aliphatic hydroxyl groups is 1. The molecule has 0 aliphatic rings. The third-order valence-corrected chi connectivity index (χ3v) is 1.33. The Morgan fingerprint density at radius 1 is 1.45 bits per heavy atom. The molecule has 0 aromatic rings. The molecular weight excluding hydrogens is 144 g/mol.